The van der Waals surface area contributed by atoms with E-state index in [1.807, 2.05) is 24.3 Å². The van der Waals surface area contributed by atoms with Gasteiger partial charge in [0.1, 0.15) is 0 Å². The fourth-order valence-corrected chi connectivity index (χ4v) is 4.18. The van der Waals surface area contributed by atoms with Crippen LogP contribution in [-0.4, -0.2) is 66.0 Å². The van der Waals surface area contributed by atoms with Crippen LogP contribution < -0.4 is 4.90 Å². The van der Waals surface area contributed by atoms with Crippen LogP contribution in [0.15, 0.2) is 53.1 Å². The SMILES string of the molecule is O=C1c2ccccc2C(=O)N1CCCN1CCN(c2noc3ccccc23)CC1. The third-order valence-electron chi connectivity index (χ3n) is 5.76. The lowest BCUT2D eigenvalue weighted by Gasteiger charge is -2.34. The predicted molar refractivity (Wildman–Crippen MR) is 109 cm³/mol. The molecule has 0 spiro atoms. The molecule has 0 radical (unpaired) electrons. The molecule has 0 saturated carbocycles. The van der Waals surface area contributed by atoms with Crippen molar-refractivity contribution in [2.45, 2.75) is 6.42 Å². The molecular formula is C22H22N4O3. The monoisotopic (exact) mass is 390 g/mol. The van der Waals surface area contributed by atoms with E-state index < -0.39 is 0 Å². The van der Waals surface area contributed by atoms with Crippen molar-refractivity contribution in [2.24, 2.45) is 0 Å². The van der Waals surface area contributed by atoms with Crippen molar-refractivity contribution >= 4 is 28.6 Å². The highest BCUT2D eigenvalue weighted by molar-refractivity contribution is 6.21. The fourth-order valence-electron chi connectivity index (χ4n) is 4.18. The van der Waals surface area contributed by atoms with Crippen molar-refractivity contribution in [1.82, 2.24) is 15.0 Å². The molecule has 0 N–H and O–H groups in total. The van der Waals surface area contributed by atoms with Gasteiger partial charge in [-0.05, 0) is 37.2 Å². The quantitative estimate of drug-likeness (QED) is 0.624. The molecule has 1 saturated heterocycles. The van der Waals surface area contributed by atoms with E-state index in [9.17, 15) is 9.59 Å². The van der Waals surface area contributed by atoms with Gasteiger partial charge in [-0.15, -0.1) is 0 Å². The Balaban J connectivity index is 1.14. The summed E-state index contributed by atoms with van der Waals surface area (Å²) in [7, 11) is 0. The van der Waals surface area contributed by atoms with E-state index in [0.29, 0.717) is 17.7 Å². The number of aromatic nitrogens is 1. The number of amides is 2. The van der Waals surface area contributed by atoms with E-state index in [-0.39, 0.29) is 11.8 Å². The molecule has 0 atom stereocenters. The standard InChI is InChI=1S/C22H22N4O3/c27-21-16-6-1-2-7-17(16)22(28)26(21)11-5-10-24-12-14-25(15-13-24)20-18-8-3-4-9-19(18)29-23-20/h1-4,6-9H,5,10-15H2. The molecule has 2 amide bonds. The maximum atomic E-state index is 12.4. The molecule has 3 aromatic rings. The van der Waals surface area contributed by atoms with E-state index in [4.69, 9.17) is 4.52 Å². The van der Waals surface area contributed by atoms with Crippen LogP contribution in [0.1, 0.15) is 27.1 Å². The zero-order chi connectivity index (χ0) is 19.8. The summed E-state index contributed by atoms with van der Waals surface area (Å²) in [5, 5.41) is 5.29. The van der Waals surface area contributed by atoms with Crippen LogP contribution in [0.5, 0.6) is 0 Å². The molecule has 0 unspecified atom stereocenters. The normalized spacial score (nSPS) is 17.4. The molecule has 2 aliphatic heterocycles. The molecule has 7 heteroatoms. The third-order valence-corrected chi connectivity index (χ3v) is 5.76. The average molecular weight is 390 g/mol. The summed E-state index contributed by atoms with van der Waals surface area (Å²) in [6.45, 7) is 4.92. The Bertz CT molecular complexity index is 1030. The van der Waals surface area contributed by atoms with E-state index >= 15 is 0 Å². The minimum Gasteiger partial charge on any atom is -0.354 e. The highest BCUT2D eigenvalue weighted by Gasteiger charge is 2.34. The minimum atomic E-state index is -0.173. The Morgan fingerprint density at radius 2 is 1.48 bits per heavy atom. The first-order chi connectivity index (χ1) is 14.2. The summed E-state index contributed by atoms with van der Waals surface area (Å²) in [6.07, 6.45) is 0.776. The maximum absolute atomic E-state index is 12.4. The lowest BCUT2D eigenvalue weighted by Crippen LogP contribution is -2.47. The van der Waals surface area contributed by atoms with E-state index in [1.54, 1.807) is 24.3 Å². The van der Waals surface area contributed by atoms with Crippen LogP contribution in [-0.2, 0) is 0 Å². The topological polar surface area (TPSA) is 69.9 Å². The number of carbonyl (C=O) groups excluding carboxylic acids is 2. The Morgan fingerprint density at radius 1 is 0.828 bits per heavy atom. The minimum absolute atomic E-state index is 0.173. The summed E-state index contributed by atoms with van der Waals surface area (Å²) >= 11 is 0. The molecule has 3 heterocycles. The highest BCUT2D eigenvalue weighted by Crippen LogP contribution is 2.26. The van der Waals surface area contributed by atoms with Crippen LogP contribution in [0.3, 0.4) is 0 Å². The second-order valence-corrected chi connectivity index (χ2v) is 7.49. The molecular weight excluding hydrogens is 368 g/mol. The zero-order valence-corrected chi connectivity index (χ0v) is 16.1. The number of imide groups is 1. The summed E-state index contributed by atoms with van der Waals surface area (Å²) in [4.78, 5) is 30.9. The van der Waals surface area contributed by atoms with Crippen molar-refractivity contribution in [1.29, 1.82) is 0 Å². The number of carbonyl (C=O) groups is 2. The van der Waals surface area contributed by atoms with Crippen LogP contribution in [0.25, 0.3) is 11.0 Å². The molecule has 2 aliphatic rings. The van der Waals surface area contributed by atoms with Gasteiger partial charge in [-0.1, -0.05) is 29.4 Å². The number of anilines is 1. The Morgan fingerprint density at radius 3 is 2.21 bits per heavy atom. The van der Waals surface area contributed by atoms with Gasteiger partial charge in [-0.3, -0.25) is 19.4 Å². The molecule has 7 nitrogen and oxygen atoms in total. The summed E-state index contributed by atoms with van der Waals surface area (Å²) in [5.41, 5.74) is 1.85. The Hall–Kier alpha value is -3.19. The van der Waals surface area contributed by atoms with Crippen molar-refractivity contribution in [3.05, 3.63) is 59.7 Å². The summed E-state index contributed by atoms with van der Waals surface area (Å²) in [6, 6.07) is 15.0. The second-order valence-electron chi connectivity index (χ2n) is 7.49. The maximum Gasteiger partial charge on any atom is 0.261 e. The first-order valence-corrected chi connectivity index (χ1v) is 9.99. The van der Waals surface area contributed by atoms with Gasteiger partial charge in [0.05, 0.1) is 16.5 Å². The molecule has 0 bridgehead atoms. The smallest absolute Gasteiger partial charge is 0.261 e. The number of benzene rings is 2. The lowest BCUT2D eigenvalue weighted by atomic mass is 10.1. The highest BCUT2D eigenvalue weighted by atomic mass is 16.5. The Labute approximate surface area is 168 Å². The summed E-state index contributed by atoms with van der Waals surface area (Å²) < 4.78 is 5.42. The third kappa shape index (κ3) is 3.17. The van der Waals surface area contributed by atoms with Gasteiger partial charge in [0, 0.05) is 32.7 Å². The largest absolute Gasteiger partial charge is 0.354 e. The van der Waals surface area contributed by atoms with E-state index in [2.05, 4.69) is 15.0 Å². The lowest BCUT2D eigenvalue weighted by molar-refractivity contribution is 0.0647. The predicted octanol–water partition coefficient (Wildman–Crippen LogP) is 2.64. The molecule has 0 aliphatic carbocycles. The number of piperazine rings is 1. The van der Waals surface area contributed by atoms with Crippen molar-refractivity contribution < 1.29 is 14.1 Å². The number of hydrogen-bond acceptors (Lipinski definition) is 6. The Kier molecular flexibility index (Phi) is 4.52. The van der Waals surface area contributed by atoms with Gasteiger partial charge in [-0.2, -0.15) is 0 Å². The molecule has 1 aromatic heterocycles. The first-order valence-electron chi connectivity index (χ1n) is 9.99. The molecule has 148 valence electrons. The van der Waals surface area contributed by atoms with Gasteiger partial charge in [0.15, 0.2) is 11.4 Å². The molecule has 29 heavy (non-hydrogen) atoms. The number of para-hydroxylation sites is 1. The molecule has 1 fully saturated rings. The van der Waals surface area contributed by atoms with Crippen LogP contribution in [0.4, 0.5) is 5.82 Å². The van der Waals surface area contributed by atoms with Crippen LogP contribution >= 0.6 is 0 Å². The van der Waals surface area contributed by atoms with E-state index in [1.165, 1.54) is 4.90 Å². The fraction of sp³-hybridized carbons (Fsp3) is 0.318. The number of nitrogens with zero attached hydrogens (tertiary/aromatic N) is 4. The van der Waals surface area contributed by atoms with Gasteiger partial charge >= 0.3 is 0 Å². The molecule has 5 rings (SSSR count). The molecule has 2 aromatic carbocycles. The number of rotatable bonds is 5. The van der Waals surface area contributed by atoms with Gasteiger partial charge in [0.2, 0.25) is 0 Å². The van der Waals surface area contributed by atoms with Gasteiger partial charge in [-0.25, -0.2) is 0 Å². The number of fused-ring (bicyclic) bond motifs is 2. The first kappa shape index (κ1) is 17.9. The zero-order valence-electron chi connectivity index (χ0n) is 16.1. The van der Waals surface area contributed by atoms with E-state index in [0.717, 1.165) is 55.9 Å². The second kappa shape index (κ2) is 7.33. The van der Waals surface area contributed by atoms with Crippen molar-refractivity contribution in [3.8, 4) is 0 Å². The number of hydrogen-bond donors (Lipinski definition) is 0. The average Bonchev–Trinajstić information content (AvgIpc) is 3.30. The van der Waals surface area contributed by atoms with Crippen molar-refractivity contribution in [2.75, 3.05) is 44.2 Å². The van der Waals surface area contributed by atoms with Crippen LogP contribution in [0.2, 0.25) is 0 Å². The van der Waals surface area contributed by atoms with Gasteiger partial charge in [0.25, 0.3) is 11.8 Å². The van der Waals surface area contributed by atoms with Crippen LogP contribution in [0, 0.1) is 0 Å². The summed E-state index contributed by atoms with van der Waals surface area (Å²) in [5.74, 6) is 0.563. The van der Waals surface area contributed by atoms with Gasteiger partial charge < -0.3 is 9.42 Å². The van der Waals surface area contributed by atoms with Crippen molar-refractivity contribution in [3.63, 3.8) is 0 Å².